The van der Waals surface area contributed by atoms with Gasteiger partial charge in [-0.3, -0.25) is 4.79 Å². The number of rotatable bonds is 5. The van der Waals surface area contributed by atoms with Crippen molar-refractivity contribution in [3.63, 3.8) is 0 Å². The highest BCUT2D eigenvalue weighted by molar-refractivity contribution is 6.00. The van der Waals surface area contributed by atoms with E-state index in [1.807, 2.05) is 24.3 Å². The molecule has 4 aromatic rings. The Morgan fingerprint density at radius 2 is 1.67 bits per heavy atom. The van der Waals surface area contributed by atoms with E-state index in [1.165, 1.54) is 22.8 Å². The third-order valence-electron chi connectivity index (χ3n) is 4.64. The molecule has 0 saturated carbocycles. The van der Waals surface area contributed by atoms with Gasteiger partial charge in [-0.05, 0) is 47.0 Å². The van der Waals surface area contributed by atoms with E-state index in [0.29, 0.717) is 0 Å². The van der Waals surface area contributed by atoms with Crippen LogP contribution in [0.3, 0.4) is 0 Å². The molecule has 0 aliphatic carbocycles. The molecule has 0 aliphatic heterocycles. The zero-order chi connectivity index (χ0) is 18.6. The van der Waals surface area contributed by atoms with Crippen molar-refractivity contribution >= 4 is 22.5 Å². The molecule has 1 amide bonds. The maximum absolute atomic E-state index is 11.5. The molecule has 0 radical (unpaired) electrons. The number of fused-ring (bicyclic) bond motifs is 1. The Labute approximate surface area is 158 Å². The summed E-state index contributed by atoms with van der Waals surface area (Å²) in [6.07, 6.45) is 3.35. The second kappa shape index (κ2) is 7.34. The lowest BCUT2D eigenvalue weighted by molar-refractivity contribution is -0.111. The number of hydrogen-bond donors (Lipinski definition) is 1. The van der Waals surface area contributed by atoms with E-state index >= 15 is 0 Å². The van der Waals surface area contributed by atoms with Crippen molar-refractivity contribution in [3.8, 4) is 11.1 Å². The Bertz CT molecular complexity index is 1090. The molecule has 3 nitrogen and oxygen atoms in total. The van der Waals surface area contributed by atoms with Gasteiger partial charge < -0.3 is 9.88 Å². The Balaban J connectivity index is 1.55. The van der Waals surface area contributed by atoms with Crippen LogP contribution in [-0.2, 0) is 11.3 Å². The number of carbonyl (C=O) groups is 1. The second-order valence-corrected chi connectivity index (χ2v) is 6.47. The van der Waals surface area contributed by atoms with Crippen LogP contribution in [0.4, 0.5) is 5.69 Å². The van der Waals surface area contributed by atoms with Crippen molar-refractivity contribution in [1.29, 1.82) is 0 Å². The summed E-state index contributed by atoms with van der Waals surface area (Å²) >= 11 is 0. The second-order valence-electron chi connectivity index (χ2n) is 6.47. The predicted molar refractivity (Wildman–Crippen MR) is 112 cm³/mol. The first-order valence-corrected chi connectivity index (χ1v) is 8.89. The molecular formula is C24H20N2O. The highest BCUT2D eigenvalue weighted by atomic mass is 16.1. The summed E-state index contributed by atoms with van der Waals surface area (Å²) in [6.45, 7) is 4.28. The van der Waals surface area contributed by atoms with Crippen LogP contribution in [-0.4, -0.2) is 10.5 Å². The van der Waals surface area contributed by atoms with Crippen LogP contribution < -0.4 is 5.32 Å². The summed E-state index contributed by atoms with van der Waals surface area (Å²) in [5, 5.41) is 3.89. The van der Waals surface area contributed by atoms with Gasteiger partial charge in [-0.2, -0.15) is 0 Å². The van der Waals surface area contributed by atoms with Gasteiger partial charge in [-0.1, -0.05) is 61.2 Å². The molecule has 0 atom stereocenters. The average molecular weight is 352 g/mol. The first-order chi connectivity index (χ1) is 13.2. The van der Waals surface area contributed by atoms with Crippen molar-refractivity contribution in [2.24, 2.45) is 0 Å². The molecule has 1 heterocycles. The van der Waals surface area contributed by atoms with Crippen molar-refractivity contribution in [3.05, 3.63) is 103 Å². The van der Waals surface area contributed by atoms with Gasteiger partial charge in [0.05, 0.1) is 0 Å². The Hall–Kier alpha value is -3.59. The largest absolute Gasteiger partial charge is 0.343 e. The van der Waals surface area contributed by atoms with Crippen LogP contribution in [0.1, 0.15) is 5.56 Å². The maximum Gasteiger partial charge on any atom is 0.247 e. The highest BCUT2D eigenvalue weighted by Gasteiger charge is 2.05. The summed E-state index contributed by atoms with van der Waals surface area (Å²) in [5.74, 6) is -0.202. The molecule has 0 unspecified atom stereocenters. The van der Waals surface area contributed by atoms with Crippen molar-refractivity contribution in [2.75, 3.05) is 5.32 Å². The van der Waals surface area contributed by atoms with Crippen molar-refractivity contribution in [2.45, 2.75) is 6.54 Å². The zero-order valence-corrected chi connectivity index (χ0v) is 14.9. The van der Waals surface area contributed by atoms with E-state index in [2.05, 4.69) is 77.3 Å². The molecule has 3 aromatic carbocycles. The molecule has 3 heteroatoms. The summed E-state index contributed by atoms with van der Waals surface area (Å²) < 4.78 is 2.21. The lowest BCUT2D eigenvalue weighted by Gasteiger charge is -2.08. The molecule has 1 N–H and O–H groups in total. The summed E-state index contributed by atoms with van der Waals surface area (Å²) in [7, 11) is 0. The van der Waals surface area contributed by atoms with E-state index in [0.717, 1.165) is 23.1 Å². The molecule has 1 aromatic heterocycles. The fourth-order valence-electron chi connectivity index (χ4n) is 3.24. The minimum atomic E-state index is -0.202. The van der Waals surface area contributed by atoms with Crippen LogP contribution in [0, 0.1) is 0 Å². The number of nitrogens with zero attached hydrogens (tertiary/aromatic N) is 1. The summed E-state index contributed by atoms with van der Waals surface area (Å²) in [4.78, 5) is 11.5. The molecule has 0 bridgehead atoms. The molecule has 0 spiro atoms. The number of anilines is 1. The molecule has 132 valence electrons. The monoisotopic (exact) mass is 352 g/mol. The number of nitrogens with one attached hydrogen (secondary N) is 1. The number of hydrogen-bond acceptors (Lipinski definition) is 1. The lowest BCUT2D eigenvalue weighted by atomic mass is 10.0. The van der Waals surface area contributed by atoms with Crippen LogP contribution in [0.25, 0.3) is 22.0 Å². The van der Waals surface area contributed by atoms with Gasteiger partial charge in [0.1, 0.15) is 0 Å². The lowest BCUT2D eigenvalue weighted by Crippen LogP contribution is -2.07. The van der Waals surface area contributed by atoms with Gasteiger partial charge in [-0.25, -0.2) is 0 Å². The van der Waals surface area contributed by atoms with Gasteiger partial charge >= 0.3 is 0 Å². The normalized spacial score (nSPS) is 10.7. The molecule has 27 heavy (non-hydrogen) atoms. The smallest absolute Gasteiger partial charge is 0.247 e. The third-order valence-corrected chi connectivity index (χ3v) is 4.64. The summed E-state index contributed by atoms with van der Waals surface area (Å²) in [5.41, 5.74) is 5.61. The van der Waals surface area contributed by atoms with Gasteiger partial charge in [0.25, 0.3) is 0 Å². The number of benzene rings is 3. The number of amides is 1. The average Bonchev–Trinajstić information content (AvgIpc) is 3.11. The van der Waals surface area contributed by atoms with E-state index in [4.69, 9.17) is 0 Å². The quantitative estimate of drug-likeness (QED) is 0.474. The van der Waals surface area contributed by atoms with E-state index < -0.39 is 0 Å². The molecule has 0 aliphatic rings. The van der Waals surface area contributed by atoms with E-state index in [-0.39, 0.29) is 5.91 Å². The maximum atomic E-state index is 11.5. The molecule has 0 fully saturated rings. The molecular weight excluding hydrogens is 332 g/mol. The zero-order valence-electron chi connectivity index (χ0n) is 14.9. The van der Waals surface area contributed by atoms with Crippen molar-refractivity contribution < 1.29 is 4.79 Å². The Morgan fingerprint density at radius 1 is 0.926 bits per heavy atom. The van der Waals surface area contributed by atoms with E-state index in [1.54, 1.807) is 0 Å². The van der Waals surface area contributed by atoms with E-state index in [9.17, 15) is 4.79 Å². The third kappa shape index (κ3) is 3.67. The summed E-state index contributed by atoms with van der Waals surface area (Å²) in [6, 6.07) is 27.1. The van der Waals surface area contributed by atoms with Gasteiger partial charge in [0, 0.05) is 29.3 Å². The molecule has 0 saturated heterocycles. The standard InChI is InChI=1S/C24H20N2O/c1-2-24(27)25-22-12-13-23-21(16-22)14-15-26(23)17-18-8-10-20(11-9-18)19-6-4-3-5-7-19/h2-16H,1,17H2,(H,25,27). The predicted octanol–water partition coefficient (Wildman–Crippen LogP) is 5.48. The SMILES string of the molecule is C=CC(=O)Nc1ccc2c(ccn2Cc2ccc(-c3ccccc3)cc2)c1. The van der Waals surface area contributed by atoms with Crippen LogP contribution >= 0.6 is 0 Å². The fourth-order valence-corrected chi connectivity index (χ4v) is 3.24. The number of aromatic nitrogens is 1. The van der Waals surface area contributed by atoms with Gasteiger partial charge in [0.15, 0.2) is 0 Å². The van der Waals surface area contributed by atoms with Crippen molar-refractivity contribution in [1.82, 2.24) is 4.57 Å². The topological polar surface area (TPSA) is 34.0 Å². The first-order valence-electron chi connectivity index (χ1n) is 8.89. The Kier molecular flexibility index (Phi) is 4.58. The first kappa shape index (κ1) is 16.9. The fraction of sp³-hybridized carbons (Fsp3) is 0.0417. The van der Waals surface area contributed by atoms with Gasteiger partial charge in [0.2, 0.25) is 5.91 Å². The Morgan fingerprint density at radius 3 is 2.41 bits per heavy atom. The van der Waals surface area contributed by atoms with Crippen LogP contribution in [0.15, 0.2) is 97.7 Å². The minimum Gasteiger partial charge on any atom is -0.343 e. The van der Waals surface area contributed by atoms with Gasteiger partial charge in [-0.15, -0.1) is 0 Å². The van der Waals surface area contributed by atoms with Crippen LogP contribution in [0.2, 0.25) is 0 Å². The highest BCUT2D eigenvalue weighted by Crippen LogP contribution is 2.23. The number of carbonyl (C=O) groups excluding carboxylic acids is 1. The van der Waals surface area contributed by atoms with Crippen LogP contribution in [0.5, 0.6) is 0 Å². The molecule has 4 rings (SSSR count). The minimum absolute atomic E-state index is 0.202.